The van der Waals surface area contributed by atoms with Gasteiger partial charge in [0.25, 0.3) is 5.91 Å². The van der Waals surface area contributed by atoms with Crippen LogP contribution >= 0.6 is 0 Å². The van der Waals surface area contributed by atoms with E-state index in [1.165, 1.54) is 18.1 Å². The maximum atomic E-state index is 12.4. The van der Waals surface area contributed by atoms with Crippen molar-refractivity contribution in [2.75, 3.05) is 6.54 Å². The summed E-state index contributed by atoms with van der Waals surface area (Å²) in [7, 11) is 0. The molecule has 0 bridgehead atoms. The average Bonchev–Trinajstić information content (AvgIpc) is 2.60. The van der Waals surface area contributed by atoms with Gasteiger partial charge in [-0.3, -0.25) is 9.59 Å². The number of benzene rings is 2. The summed E-state index contributed by atoms with van der Waals surface area (Å²) >= 11 is 0. The van der Waals surface area contributed by atoms with Gasteiger partial charge in [-0.05, 0) is 61.9 Å². The van der Waals surface area contributed by atoms with Gasteiger partial charge in [-0.15, -0.1) is 0 Å². The fraction of sp³-hybridized carbons (Fsp3) is 0.273. The fourth-order valence-corrected chi connectivity index (χ4v) is 2.58. The van der Waals surface area contributed by atoms with Gasteiger partial charge >= 0.3 is 0 Å². The quantitative estimate of drug-likeness (QED) is 0.359. The van der Waals surface area contributed by atoms with Crippen LogP contribution in [0, 0.1) is 13.8 Å². The Morgan fingerprint density at radius 3 is 2.36 bits per heavy atom. The number of Topliss-reactive ketones (excluding diaryl/α,β-unsaturated/α-hetero) is 1. The van der Waals surface area contributed by atoms with Crippen molar-refractivity contribution < 1.29 is 9.59 Å². The minimum Gasteiger partial charge on any atom is -0.352 e. The average molecular weight is 335 g/mol. The van der Waals surface area contributed by atoms with Gasteiger partial charge in [0, 0.05) is 6.54 Å². The molecule has 0 spiro atoms. The highest BCUT2D eigenvalue weighted by Gasteiger charge is 2.14. The van der Waals surface area contributed by atoms with E-state index < -0.39 is 0 Å². The van der Waals surface area contributed by atoms with E-state index in [0.717, 1.165) is 24.0 Å². The van der Waals surface area contributed by atoms with Crippen molar-refractivity contribution in [3.8, 4) is 0 Å². The van der Waals surface area contributed by atoms with Gasteiger partial charge in [0.05, 0.1) is 5.57 Å². The maximum absolute atomic E-state index is 12.4. The van der Waals surface area contributed by atoms with Gasteiger partial charge in [-0.2, -0.15) is 0 Å². The molecule has 3 nitrogen and oxygen atoms in total. The molecule has 2 rings (SSSR count). The number of carbonyl (C=O) groups is 2. The second kappa shape index (κ2) is 8.97. The number of hydrogen-bond acceptors (Lipinski definition) is 2. The van der Waals surface area contributed by atoms with Gasteiger partial charge in [0.1, 0.15) is 0 Å². The van der Waals surface area contributed by atoms with Crippen LogP contribution in [0.1, 0.15) is 35.6 Å². The van der Waals surface area contributed by atoms with Gasteiger partial charge in [0.2, 0.25) is 0 Å². The van der Waals surface area contributed by atoms with Crippen LogP contribution in [-0.4, -0.2) is 18.2 Å². The standard InChI is InChI=1S/C22H25NO2/c1-16-11-12-20(14-17(16)2)15-21(18(3)24)22(25)23-13-7-10-19-8-5-4-6-9-19/h4-6,8-9,11-12,14-15H,7,10,13H2,1-3H3,(H,23,25)/b21-15-. The minimum absolute atomic E-state index is 0.197. The summed E-state index contributed by atoms with van der Waals surface area (Å²) < 4.78 is 0. The summed E-state index contributed by atoms with van der Waals surface area (Å²) in [4.78, 5) is 24.2. The zero-order valence-electron chi connectivity index (χ0n) is 15.1. The second-order valence-corrected chi connectivity index (χ2v) is 6.30. The van der Waals surface area contributed by atoms with E-state index in [9.17, 15) is 9.59 Å². The summed E-state index contributed by atoms with van der Waals surface area (Å²) in [6.07, 6.45) is 3.41. The first-order valence-corrected chi connectivity index (χ1v) is 8.59. The number of aryl methyl sites for hydroxylation is 3. The van der Waals surface area contributed by atoms with Crippen molar-refractivity contribution >= 4 is 17.8 Å². The van der Waals surface area contributed by atoms with Crippen LogP contribution in [0.5, 0.6) is 0 Å². The molecule has 0 atom stereocenters. The molecule has 0 unspecified atom stereocenters. The van der Waals surface area contributed by atoms with Crippen LogP contribution in [0.25, 0.3) is 6.08 Å². The van der Waals surface area contributed by atoms with Gasteiger partial charge in [0.15, 0.2) is 5.78 Å². The molecule has 0 aliphatic heterocycles. The number of hydrogen-bond donors (Lipinski definition) is 1. The first kappa shape index (κ1) is 18.7. The van der Waals surface area contributed by atoms with E-state index in [0.29, 0.717) is 6.54 Å². The van der Waals surface area contributed by atoms with Crippen LogP contribution in [0.2, 0.25) is 0 Å². The van der Waals surface area contributed by atoms with Crippen molar-refractivity contribution in [3.05, 3.63) is 76.4 Å². The highest BCUT2D eigenvalue weighted by atomic mass is 16.2. The van der Waals surface area contributed by atoms with Crippen molar-refractivity contribution in [1.29, 1.82) is 0 Å². The molecule has 0 aliphatic rings. The number of carbonyl (C=O) groups excluding carboxylic acids is 2. The zero-order valence-corrected chi connectivity index (χ0v) is 15.1. The summed E-state index contributed by atoms with van der Waals surface area (Å²) in [6, 6.07) is 16.1. The summed E-state index contributed by atoms with van der Waals surface area (Å²) in [5.41, 5.74) is 4.64. The third-order valence-electron chi connectivity index (χ3n) is 4.24. The molecule has 0 fully saturated rings. The Bertz CT molecular complexity index is 776. The molecule has 1 amide bonds. The number of rotatable bonds is 7. The molecule has 0 aromatic heterocycles. The lowest BCUT2D eigenvalue weighted by atomic mass is 10.0. The topological polar surface area (TPSA) is 46.2 Å². The lowest BCUT2D eigenvalue weighted by Crippen LogP contribution is -2.28. The van der Waals surface area contributed by atoms with E-state index in [4.69, 9.17) is 0 Å². The first-order chi connectivity index (χ1) is 12.0. The molecule has 130 valence electrons. The Labute approximate surface area is 149 Å². The van der Waals surface area contributed by atoms with Crippen LogP contribution in [0.15, 0.2) is 54.1 Å². The molecule has 0 radical (unpaired) electrons. The highest BCUT2D eigenvalue weighted by molar-refractivity contribution is 6.21. The molecule has 2 aromatic rings. The van der Waals surface area contributed by atoms with Gasteiger partial charge in [-0.1, -0.05) is 48.5 Å². The maximum Gasteiger partial charge on any atom is 0.254 e. The molecule has 25 heavy (non-hydrogen) atoms. The lowest BCUT2D eigenvalue weighted by molar-refractivity contribution is -0.121. The summed E-state index contributed by atoms with van der Waals surface area (Å²) in [6.45, 7) is 6.03. The Kier molecular flexibility index (Phi) is 6.70. The highest BCUT2D eigenvalue weighted by Crippen LogP contribution is 2.14. The first-order valence-electron chi connectivity index (χ1n) is 8.59. The molecular formula is C22H25NO2. The van der Waals surface area contributed by atoms with E-state index in [-0.39, 0.29) is 17.3 Å². The summed E-state index contributed by atoms with van der Waals surface area (Å²) in [5.74, 6) is -0.530. The third-order valence-corrected chi connectivity index (χ3v) is 4.24. The normalized spacial score (nSPS) is 11.2. The van der Waals surface area contributed by atoms with E-state index in [1.54, 1.807) is 6.08 Å². The van der Waals surface area contributed by atoms with Crippen LogP contribution in [0.3, 0.4) is 0 Å². The molecule has 2 aromatic carbocycles. The zero-order chi connectivity index (χ0) is 18.2. The fourth-order valence-electron chi connectivity index (χ4n) is 2.58. The van der Waals surface area contributed by atoms with Crippen LogP contribution < -0.4 is 5.32 Å². The van der Waals surface area contributed by atoms with Crippen molar-refractivity contribution in [2.24, 2.45) is 0 Å². The second-order valence-electron chi connectivity index (χ2n) is 6.30. The molecule has 0 heterocycles. The molecule has 0 saturated heterocycles. The summed E-state index contributed by atoms with van der Waals surface area (Å²) in [5, 5.41) is 2.85. The predicted octanol–water partition coefficient (Wildman–Crippen LogP) is 4.02. The molecular weight excluding hydrogens is 310 g/mol. The van der Waals surface area contributed by atoms with E-state index in [1.807, 2.05) is 50.2 Å². The largest absolute Gasteiger partial charge is 0.352 e. The monoisotopic (exact) mass is 335 g/mol. The van der Waals surface area contributed by atoms with Gasteiger partial charge in [-0.25, -0.2) is 0 Å². The smallest absolute Gasteiger partial charge is 0.254 e. The SMILES string of the molecule is CC(=O)/C(=C/c1ccc(C)c(C)c1)C(=O)NCCCc1ccccc1. The Balaban J connectivity index is 1.96. The molecule has 3 heteroatoms. The predicted molar refractivity (Wildman–Crippen MR) is 102 cm³/mol. The number of amides is 1. The Morgan fingerprint density at radius 1 is 1.00 bits per heavy atom. The van der Waals surface area contributed by atoms with Crippen molar-refractivity contribution in [3.63, 3.8) is 0 Å². The van der Waals surface area contributed by atoms with Crippen LogP contribution in [-0.2, 0) is 16.0 Å². The van der Waals surface area contributed by atoms with Crippen molar-refractivity contribution in [2.45, 2.75) is 33.6 Å². The van der Waals surface area contributed by atoms with Crippen LogP contribution in [0.4, 0.5) is 0 Å². The van der Waals surface area contributed by atoms with E-state index >= 15 is 0 Å². The van der Waals surface area contributed by atoms with Crippen molar-refractivity contribution in [1.82, 2.24) is 5.32 Å². The molecule has 0 aliphatic carbocycles. The Morgan fingerprint density at radius 2 is 1.72 bits per heavy atom. The third kappa shape index (κ3) is 5.71. The van der Waals surface area contributed by atoms with Gasteiger partial charge < -0.3 is 5.32 Å². The lowest BCUT2D eigenvalue weighted by Gasteiger charge is -2.08. The molecule has 1 N–H and O–H groups in total. The number of ketones is 1. The minimum atomic E-state index is -0.307. The van der Waals surface area contributed by atoms with E-state index in [2.05, 4.69) is 17.4 Å². The number of nitrogens with one attached hydrogen (secondary N) is 1. The Hall–Kier alpha value is -2.68. The molecule has 0 saturated carbocycles.